The third kappa shape index (κ3) is 47.5. The van der Waals surface area contributed by atoms with Gasteiger partial charge in [0, 0.05) is 19.3 Å². The van der Waals surface area contributed by atoms with E-state index in [4.69, 9.17) is 14.2 Å². The maximum absolute atomic E-state index is 12.8. The zero-order chi connectivity index (χ0) is 43.8. The van der Waals surface area contributed by atoms with Crippen LogP contribution in [0.25, 0.3) is 0 Å². The standard InChI is InChI=1S/C54H104O6/c1-5-7-9-11-13-15-17-18-19-20-21-22-23-25-29-33-37-41-45-52(55)58-48-51(60-54(57)47-43-39-35-31-24-16-14-12-10-8-6-2)49-59-53(56)46-42-38-34-30-27-26-28-32-36-40-44-50(3)4/h50-51H,5-49H2,1-4H3/t51-/m1/s1. The molecule has 0 spiro atoms. The molecule has 6 nitrogen and oxygen atoms in total. The lowest BCUT2D eigenvalue weighted by molar-refractivity contribution is -0.167. The van der Waals surface area contributed by atoms with Gasteiger partial charge in [-0.2, -0.15) is 0 Å². The summed E-state index contributed by atoms with van der Waals surface area (Å²) in [5.74, 6) is -0.0248. The van der Waals surface area contributed by atoms with Crippen molar-refractivity contribution in [1.29, 1.82) is 0 Å². The molecule has 0 fully saturated rings. The van der Waals surface area contributed by atoms with Crippen LogP contribution in [0.4, 0.5) is 0 Å². The maximum Gasteiger partial charge on any atom is 0.306 e. The SMILES string of the molecule is CCCCCCCCCCCCCCCCCCCCC(=O)OC[C@H](COC(=O)CCCCCCCCCCCCC(C)C)OC(=O)CCCCCCCCCCCCC. The summed E-state index contributed by atoms with van der Waals surface area (Å²) in [6, 6.07) is 0. The van der Waals surface area contributed by atoms with Gasteiger partial charge in [0.05, 0.1) is 0 Å². The number of rotatable bonds is 49. The molecule has 0 saturated carbocycles. The minimum Gasteiger partial charge on any atom is -0.462 e. The first-order chi connectivity index (χ1) is 29.4. The zero-order valence-electron chi connectivity index (χ0n) is 40.9. The van der Waals surface area contributed by atoms with Crippen molar-refractivity contribution in [2.24, 2.45) is 5.92 Å². The predicted octanol–water partition coefficient (Wildman–Crippen LogP) is 17.5. The number of hydrogen-bond donors (Lipinski definition) is 0. The monoisotopic (exact) mass is 849 g/mol. The van der Waals surface area contributed by atoms with Gasteiger partial charge in [-0.1, -0.05) is 265 Å². The molecule has 1 atom stereocenters. The molecule has 0 aromatic heterocycles. The Morgan fingerprint density at radius 1 is 0.317 bits per heavy atom. The number of carbonyl (C=O) groups excluding carboxylic acids is 3. The van der Waals surface area contributed by atoms with Crippen molar-refractivity contribution in [3.05, 3.63) is 0 Å². The highest BCUT2D eigenvalue weighted by Gasteiger charge is 2.19. The van der Waals surface area contributed by atoms with E-state index < -0.39 is 6.10 Å². The number of hydrogen-bond acceptors (Lipinski definition) is 6. The molecule has 0 aliphatic carbocycles. The Bertz CT molecular complexity index is 903. The van der Waals surface area contributed by atoms with E-state index in [0.717, 1.165) is 63.7 Å². The molecule has 6 heteroatoms. The Kier molecular flexibility index (Phi) is 47.2. The van der Waals surface area contributed by atoms with Crippen LogP contribution < -0.4 is 0 Å². The van der Waals surface area contributed by atoms with E-state index in [-0.39, 0.29) is 31.1 Å². The molecule has 0 heterocycles. The Morgan fingerprint density at radius 3 is 0.817 bits per heavy atom. The molecular weight excluding hydrogens is 745 g/mol. The molecule has 0 aliphatic rings. The van der Waals surface area contributed by atoms with E-state index in [9.17, 15) is 14.4 Å². The highest BCUT2D eigenvalue weighted by atomic mass is 16.6. The summed E-state index contributed by atoms with van der Waals surface area (Å²) in [7, 11) is 0. The van der Waals surface area contributed by atoms with Gasteiger partial charge in [-0.05, 0) is 25.2 Å². The van der Waals surface area contributed by atoms with E-state index in [0.29, 0.717) is 19.3 Å². The van der Waals surface area contributed by atoms with Gasteiger partial charge in [0.25, 0.3) is 0 Å². The Labute approximate surface area is 374 Å². The van der Waals surface area contributed by atoms with Gasteiger partial charge >= 0.3 is 17.9 Å². The van der Waals surface area contributed by atoms with Crippen molar-refractivity contribution in [3.63, 3.8) is 0 Å². The van der Waals surface area contributed by atoms with Crippen LogP contribution >= 0.6 is 0 Å². The van der Waals surface area contributed by atoms with Crippen LogP contribution in [0.1, 0.15) is 304 Å². The Hall–Kier alpha value is -1.59. The molecule has 0 amide bonds. The van der Waals surface area contributed by atoms with Gasteiger partial charge in [0.15, 0.2) is 6.10 Å². The molecule has 0 unspecified atom stereocenters. The smallest absolute Gasteiger partial charge is 0.306 e. The van der Waals surface area contributed by atoms with Crippen LogP contribution in [0.5, 0.6) is 0 Å². The van der Waals surface area contributed by atoms with Crippen molar-refractivity contribution in [2.75, 3.05) is 13.2 Å². The highest BCUT2D eigenvalue weighted by molar-refractivity contribution is 5.71. The van der Waals surface area contributed by atoms with Gasteiger partial charge in [0.2, 0.25) is 0 Å². The van der Waals surface area contributed by atoms with Crippen molar-refractivity contribution < 1.29 is 28.6 Å². The molecular formula is C54H104O6. The van der Waals surface area contributed by atoms with E-state index in [1.54, 1.807) is 0 Å². The van der Waals surface area contributed by atoms with E-state index >= 15 is 0 Å². The molecule has 0 radical (unpaired) electrons. The van der Waals surface area contributed by atoms with Crippen LogP contribution in [-0.4, -0.2) is 37.2 Å². The quantitative estimate of drug-likeness (QED) is 0.0345. The van der Waals surface area contributed by atoms with Gasteiger partial charge in [-0.3, -0.25) is 14.4 Å². The minimum atomic E-state index is -0.760. The number of unbranched alkanes of at least 4 members (excludes halogenated alkanes) is 36. The molecule has 0 aromatic carbocycles. The third-order valence-corrected chi connectivity index (χ3v) is 12.3. The van der Waals surface area contributed by atoms with Crippen molar-refractivity contribution >= 4 is 17.9 Å². The summed E-state index contributed by atoms with van der Waals surface area (Å²) in [6.45, 7) is 9.02. The summed E-state index contributed by atoms with van der Waals surface area (Å²) >= 11 is 0. The van der Waals surface area contributed by atoms with Gasteiger partial charge in [-0.15, -0.1) is 0 Å². The fourth-order valence-corrected chi connectivity index (χ4v) is 8.22. The highest BCUT2D eigenvalue weighted by Crippen LogP contribution is 2.17. The Morgan fingerprint density at radius 2 is 0.550 bits per heavy atom. The van der Waals surface area contributed by atoms with Crippen LogP contribution in [0.3, 0.4) is 0 Å². The molecule has 0 aliphatic heterocycles. The van der Waals surface area contributed by atoms with Gasteiger partial charge < -0.3 is 14.2 Å². The second kappa shape index (κ2) is 48.4. The molecule has 0 rings (SSSR count). The predicted molar refractivity (Wildman–Crippen MR) is 257 cm³/mol. The first kappa shape index (κ1) is 58.4. The summed E-state index contributed by atoms with van der Waals surface area (Å²) in [5.41, 5.74) is 0. The summed E-state index contributed by atoms with van der Waals surface area (Å²) in [4.78, 5) is 37.9. The minimum absolute atomic E-state index is 0.0626. The third-order valence-electron chi connectivity index (χ3n) is 12.3. The molecule has 0 bridgehead atoms. The summed E-state index contributed by atoms with van der Waals surface area (Å²) < 4.78 is 16.8. The number of carbonyl (C=O) groups is 3. The van der Waals surface area contributed by atoms with Crippen molar-refractivity contribution in [3.8, 4) is 0 Å². The lowest BCUT2D eigenvalue weighted by Gasteiger charge is -2.18. The summed E-state index contributed by atoms with van der Waals surface area (Å²) in [6.07, 6.45) is 50.9. The first-order valence-corrected chi connectivity index (χ1v) is 26.9. The Balaban J connectivity index is 4.25. The van der Waals surface area contributed by atoms with E-state index in [1.807, 2.05) is 0 Å². The molecule has 0 aromatic rings. The van der Waals surface area contributed by atoms with Crippen LogP contribution in [0.15, 0.2) is 0 Å². The lowest BCUT2D eigenvalue weighted by Crippen LogP contribution is -2.30. The van der Waals surface area contributed by atoms with Crippen LogP contribution in [0, 0.1) is 5.92 Å². The average Bonchev–Trinajstić information content (AvgIpc) is 3.23. The maximum atomic E-state index is 12.8. The van der Waals surface area contributed by atoms with E-state index in [2.05, 4.69) is 27.7 Å². The number of esters is 3. The van der Waals surface area contributed by atoms with Crippen LogP contribution in [-0.2, 0) is 28.6 Å². The molecule has 60 heavy (non-hydrogen) atoms. The fraction of sp³-hybridized carbons (Fsp3) is 0.944. The second-order valence-corrected chi connectivity index (χ2v) is 19.0. The molecule has 0 saturated heterocycles. The van der Waals surface area contributed by atoms with Crippen molar-refractivity contribution in [2.45, 2.75) is 310 Å². The lowest BCUT2D eigenvalue weighted by atomic mass is 10.0. The van der Waals surface area contributed by atoms with Crippen LogP contribution in [0.2, 0.25) is 0 Å². The largest absolute Gasteiger partial charge is 0.462 e. The molecule has 356 valence electrons. The summed E-state index contributed by atoms with van der Waals surface area (Å²) in [5, 5.41) is 0. The number of ether oxygens (including phenoxy) is 3. The van der Waals surface area contributed by atoms with E-state index in [1.165, 1.54) is 199 Å². The fourth-order valence-electron chi connectivity index (χ4n) is 8.22. The van der Waals surface area contributed by atoms with Crippen molar-refractivity contribution in [1.82, 2.24) is 0 Å². The average molecular weight is 849 g/mol. The second-order valence-electron chi connectivity index (χ2n) is 19.0. The first-order valence-electron chi connectivity index (χ1n) is 26.9. The van der Waals surface area contributed by atoms with Gasteiger partial charge in [-0.25, -0.2) is 0 Å². The molecule has 0 N–H and O–H groups in total. The topological polar surface area (TPSA) is 78.9 Å². The normalized spacial score (nSPS) is 11.9. The van der Waals surface area contributed by atoms with Gasteiger partial charge in [0.1, 0.15) is 13.2 Å². The zero-order valence-corrected chi connectivity index (χ0v) is 40.9.